The summed E-state index contributed by atoms with van der Waals surface area (Å²) < 4.78 is 5.03. The second-order valence-corrected chi connectivity index (χ2v) is 7.91. The van der Waals surface area contributed by atoms with Crippen molar-refractivity contribution in [2.75, 3.05) is 13.1 Å². The van der Waals surface area contributed by atoms with E-state index in [0.717, 1.165) is 24.4 Å². The number of aryl methyl sites for hydroxylation is 1. The van der Waals surface area contributed by atoms with Gasteiger partial charge in [0, 0.05) is 31.0 Å². The van der Waals surface area contributed by atoms with Crippen LogP contribution in [0.2, 0.25) is 0 Å². The number of carbonyl (C=O) groups is 1. The molecule has 2 aromatic rings. The number of amides is 1. The molecule has 0 N–H and O–H groups in total. The predicted molar refractivity (Wildman–Crippen MR) is 90.2 cm³/mol. The molecule has 2 aliphatic rings. The molecule has 1 unspecified atom stereocenters. The maximum atomic E-state index is 12.6. The summed E-state index contributed by atoms with van der Waals surface area (Å²) in [5.74, 6) is 1.52. The van der Waals surface area contributed by atoms with E-state index >= 15 is 0 Å². The molecule has 2 fully saturated rings. The Morgan fingerprint density at radius 3 is 2.58 bits per heavy atom. The lowest BCUT2D eigenvalue weighted by Gasteiger charge is -2.31. The zero-order valence-corrected chi connectivity index (χ0v) is 14.7. The molecule has 24 heavy (non-hydrogen) atoms. The van der Waals surface area contributed by atoms with Crippen molar-refractivity contribution >= 4 is 17.2 Å². The van der Waals surface area contributed by atoms with E-state index in [4.69, 9.17) is 4.52 Å². The van der Waals surface area contributed by atoms with Crippen molar-refractivity contribution in [2.24, 2.45) is 0 Å². The molecular formula is C17H22N4O2S. The van der Waals surface area contributed by atoms with Crippen LogP contribution in [0, 0.1) is 6.92 Å². The zero-order valence-electron chi connectivity index (χ0n) is 13.9. The van der Waals surface area contributed by atoms with Crippen molar-refractivity contribution in [2.45, 2.75) is 57.3 Å². The monoisotopic (exact) mass is 346 g/mol. The van der Waals surface area contributed by atoms with Gasteiger partial charge in [-0.05, 0) is 32.6 Å². The smallest absolute Gasteiger partial charge is 0.276 e. The van der Waals surface area contributed by atoms with Crippen LogP contribution in [0.5, 0.6) is 0 Å². The lowest BCUT2D eigenvalue weighted by Crippen LogP contribution is -2.39. The van der Waals surface area contributed by atoms with Gasteiger partial charge in [-0.1, -0.05) is 18.0 Å². The summed E-state index contributed by atoms with van der Waals surface area (Å²) in [7, 11) is 0. The Morgan fingerprint density at radius 1 is 1.17 bits per heavy atom. The van der Waals surface area contributed by atoms with Crippen molar-refractivity contribution in [3.05, 3.63) is 27.5 Å². The van der Waals surface area contributed by atoms with Crippen molar-refractivity contribution < 1.29 is 9.32 Å². The van der Waals surface area contributed by atoms with E-state index in [1.807, 2.05) is 4.90 Å². The van der Waals surface area contributed by atoms with Gasteiger partial charge >= 0.3 is 0 Å². The van der Waals surface area contributed by atoms with Crippen LogP contribution in [0.1, 0.15) is 76.6 Å². The molecule has 0 bridgehead atoms. The van der Waals surface area contributed by atoms with Gasteiger partial charge in [-0.3, -0.25) is 4.79 Å². The van der Waals surface area contributed by atoms with Crippen LogP contribution >= 0.6 is 11.3 Å². The summed E-state index contributed by atoms with van der Waals surface area (Å²) in [5, 5.41) is 15.0. The minimum absolute atomic E-state index is 0.0444. The molecule has 0 aromatic carbocycles. The summed E-state index contributed by atoms with van der Waals surface area (Å²) in [4.78, 5) is 14.5. The third-order valence-electron chi connectivity index (χ3n) is 5.07. The van der Waals surface area contributed by atoms with Gasteiger partial charge in [0.2, 0.25) is 0 Å². The maximum Gasteiger partial charge on any atom is 0.276 e. The van der Waals surface area contributed by atoms with E-state index in [1.54, 1.807) is 24.3 Å². The fourth-order valence-corrected chi connectivity index (χ4v) is 4.88. The molecule has 1 amide bonds. The SMILES string of the molecule is Cc1cc(C(=O)N2CCCC(c3nnc(C4CCCC4)s3)C2)no1. The Hall–Kier alpha value is -1.76. The van der Waals surface area contributed by atoms with Gasteiger partial charge in [0.25, 0.3) is 5.91 Å². The van der Waals surface area contributed by atoms with E-state index < -0.39 is 0 Å². The van der Waals surface area contributed by atoms with E-state index in [9.17, 15) is 4.79 Å². The molecule has 6 nitrogen and oxygen atoms in total. The van der Waals surface area contributed by atoms with Crippen molar-refractivity contribution in [1.29, 1.82) is 0 Å². The minimum Gasteiger partial charge on any atom is -0.361 e. The lowest BCUT2D eigenvalue weighted by atomic mass is 9.98. The number of carbonyl (C=O) groups excluding carboxylic acids is 1. The Morgan fingerprint density at radius 2 is 1.88 bits per heavy atom. The highest BCUT2D eigenvalue weighted by Gasteiger charge is 2.30. The third-order valence-corrected chi connectivity index (χ3v) is 6.31. The number of aromatic nitrogens is 3. The quantitative estimate of drug-likeness (QED) is 0.850. The van der Waals surface area contributed by atoms with Gasteiger partial charge in [0.1, 0.15) is 15.8 Å². The fraction of sp³-hybridized carbons (Fsp3) is 0.647. The minimum atomic E-state index is -0.0444. The van der Waals surface area contributed by atoms with Crippen LogP contribution in [-0.4, -0.2) is 39.3 Å². The summed E-state index contributed by atoms with van der Waals surface area (Å²) in [5.41, 5.74) is 0.400. The fourth-order valence-electron chi connectivity index (χ4n) is 3.74. The standard InChI is InChI=1S/C17H22N4O2S/c1-11-9-14(20-23-11)17(22)21-8-4-7-13(10-21)16-19-18-15(24-16)12-5-2-3-6-12/h9,12-13H,2-8,10H2,1H3. The maximum absolute atomic E-state index is 12.6. The molecule has 1 atom stereocenters. The molecule has 4 rings (SSSR count). The highest BCUT2D eigenvalue weighted by molar-refractivity contribution is 7.11. The van der Waals surface area contributed by atoms with E-state index in [0.29, 0.717) is 29.8 Å². The Labute approximate surface area is 145 Å². The summed E-state index contributed by atoms with van der Waals surface area (Å²) in [6.07, 6.45) is 7.17. The first kappa shape index (κ1) is 15.7. The molecule has 1 saturated carbocycles. The van der Waals surface area contributed by atoms with E-state index in [-0.39, 0.29) is 5.91 Å². The Kier molecular flexibility index (Phi) is 4.35. The molecule has 7 heteroatoms. The molecule has 0 radical (unpaired) electrons. The lowest BCUT2D eigenvalue weighted by molar-refractivity contribution is 0.0696. The highest BCUT2D eigenvalue weighted by atomic mass is 32.1. The number of likely N-dealkylation sites (tertiary alicyclic amines) is 1. The first-order valence-electron chi connectivity index (χ1n) is 8.76. The van der Waals surface area contributed by atoms with Gasteiger partial charge in [0.15, 0.2) is 5.69 Å². The first-order chi connectivity index (χ1) is 11.7. The van der Waals surface area contributed by atoms with Gasteiger partial charge in [-0.25, -0.2) is 0 Å². The molecule has 1 saturated heterocycles. The zero-order chi connectivity index (χ0) is 16.5. The van der Waals surface area contributed by atoms with Crippen LogP contribution in [0.4, 0.5) is 0 Å². The summed E-state index contributed by atoms with van der Waals surface area (Å²) >= 11 is 1.76. The number of nitrogens with zero attached hydrogens (tertiary/aromatic N) is 4. The van der Waals surface area contributed by atoms with E-state index in [1.165, 1.54) is 30.7 Å². The van der Waals surface area contributed by atoms with Crippen molar-refractivity contribution in [3.8, 4) is 0 Å². The second-order valence-electron chi connectivity index (χ2n) is 6.87. The van der Waals surface area contributed by atoms with Gasteiger partial charge in [0.05, 0.1) is 0 Å². The Balaban J connectivity index is 1.45. The molecule has 3 heterocycles. The highest BCUT2D eigenvalue weighted by Crippen LogP contribution is 2.38. The van der Waals surface area contributed by atoms with Gasteiger partial charge < -0.3 is 9.42 Å². The molecule has 2 aromatic heterocycles. The number of hydrogen-bond donors (Lipinski definition) is 0. The molecule has 128 valence electrons. The summed E-state index contributed by atoms with van der Waals surface area (Å²) in [6.45, 7) is 3.27. The van der Waals surface area contributed by atoms with Crippen LogP contribution in [0.15, 0.2) is 10.6 Å². The van der Waals surface area contributed by atoms with Gasteiger partial charge in [-0.2, -0.15) is 0 Å². The van der Waals surface area contributed by atoms with Crippen LogP contribution in [0.3, 0.4) is 0 Å². The second kappa shape index (κ2) is 6.63. The van der Waals surface area contributed by atoms with Crippen molar-refractivity contribution in [1.82, 2.24) is 20.3 Å². The topological polar surface area (TPSA) is 72.1 Å². The number of piperidine rings is 1. The predicted octanol–water partition coefficient (Wildman–Crippen LogP) is 3.51. The average Bonchev–Trinajstić information content (AvgIpc) is 3.35. The molecule has 1 aliphatic heterocycles. The first-order valence-corrected chi connectivity index (χ1v) is 9.58. The average molecular weight is 346 g/mol. The molecule has 1 aliphatic carbocycles. The summed E-state index contributed by atoms with van der Waals surface area (Å²) in [6, 6.07) is 1.70. The largest absolute Gasteiger partial charge is 0.361 e. The van der Waals surface area contributed by atoms with Crippen LogP contribution in [0.25, 0.3) is 0 Å². The van der Waals surface area contributed by atoms with Crippen LogP contribution in [-0.2, 0) is 0 Å². The normalized spacial score (nSPS) is 22.2. The third kappa shape index (κ3) is 3.09. The number of hydrogen-bond acceptors (Lipinski definition) is 6. The van der Waals surface area contributed by atoms with Crippen LogP contribution < -0.4 is 0 Å². The molecule has 0 spiro atoms. The Bertz CT molecular complexity index is 720. The van der Waals surface area contributed by atoms with Gasteiger partial charge in [-0.15, -0.1) is 21.5 Å². The molecular weight excluding hydrogens is 324 g/mol. The number of rotatable bonds is 3. The van der Waals surface area contributed by atoms with E-state index in [2.05, 4.69) is 15.4 Å². The van der Waals surface area contributed by atoms with Crippen molar-refractivity contribution in [3.63, 3.8) is 0 Å².